The molecule has 6 nitrogen and oxygen atoms in total. The molecule has 1 aliphatic rings. The SMILES string of the molecule is Cc1ccccc1CN1CCCN(CC(=O)Nc2cc(Cl)ccc2C)S1(=O)=O. The van der Waals surface area contributed by atoms with Crippen molar-refractivity contribution in [1.82, 2.24) is 8.61 Å². The van der Waals surface area contributed by atoms with Crippen LogP contribution in [0.2, 0.25) is 5.02 Å². The summed E-state index contributed by atoms with van der Waals surface area (Å²) in [6.07, 6.45) is 0.675. The predicted octanol–water partition coefficient (Wildman–Crippen LogP) is 3.35. The van der Waals surface area contributed by atoms with E-state index in [-0.39, 0.29) is 12.5 Å². The minimum atomic E-state index is -3.71. The first-order chi connectivity index (χ1) is 13.3. The molecule has 1 aliphatic heterocycles. The highest BCUT2D eigenvalue weighted by molar-refractivity contribution is 7.86. The van der Waals surface area contributed by atoms with E-state index in [1.165, 1.54) is 8.61 Å². The van der Waals surface area contributed by atoms with Gasteiger partial charge in [-0.1, -0.05) is 41.9 Å². The van der Waals surface area contributed by atoms with E-state index in [1.807, 2.05) is 38.1 Å². The lowest BCUT2D eigenvalue weighted by Gasteiger charge is -2.34. The third kappa shape index (κ3) is 4.72. The first-order valence-corrected chi connectivity index (χ1v) is 10.9. The van der Waals surface area contributed by atoms with E-state index < -0.39 is 10.2 Å². The summed E-state index contributed by atoms with van der Waals surface area (Å²) in [7, 11) is -3.71. The summed E-state index contributed by atoms with van der Waals surface area (Å²) in [6.45, 7) is 4.67. The second kappa shape index (κ2) is 8.61. The molecule has 0 aliphatic carbocycles. The average Bonchev–Trinajstić information content (AvgIpc) is 2.63. The van der Waals surface area contributed by atoms with Gasteiger partial charge in [-0.05, 0) is 49.1 Å². The van der Waals surface area contributed by atoms with Gasteiger partial charge in [-0.2, -0.15) is 17.0 Å². The van der Waals surface area contributed by atoms with Gasteiger partial charge in [-0.3, -0.25) is 4.79 Å². The van der Waals surface area contributed by atoms with Crippen LogP contribution in [0.3, 0.4) is 0 Å². The van der Waals surface area contributed by atoms with Crippen LogP contribution in [0.15, 0.2) is 42.5 Å². The Kier molecular flexibility index (Phi) is 6.40. The molecule has 0 aromatic heterocycles. The number of nitrogens with zero attached hydrogens (tertiary/aromatic N) is 2. The summed E-state index contributed by atoms with van der Waals surface area (Å²) >= 11 is 5.98. The van der Waals surface area contributed by atoms with Crippen LogP contribution in [0.4, 0.5) is 5.69 Å². The average molecular weight is 422 g/mol. The van der Waals surface area contributed by atoms with Crippen LogP contribution >= 0.6 is 11.6 Å². The molecule has 1 heterocycles. The maximum absolute atomic E-state index is 13.0. The first-order valence-electron chi connectivity index (χ1n) is 9.13. The highest BCUT2D eigenvalue weighted by atomic mass is 35.5. The van der Waals surface area contributed by atoms with Crippen LogP contribution in [0, 0.1) is 13.8 Å². The number of benzene rings is 2. The Morgan fingerprint density at radius 2 is 1.79 bits per heavy atom. The Bertz CT molecular complexity index is 978. The Balaban J connectivity index is 1.70. The van der Waals surface area contributed by atoms with Gasteiger partial charge in [0, 0.05) is 30.3 Å². The molecule has 28 heavy (non-hydrogen) atoms. The fourth-order valence-electron chi connectivity index (χ4n) is 3.19. The maximum Gasteiger partial charge on any atom is 0.282 e. The van der Waals surface area contributed by atoms with Gasteiger partial charge in [-0.15, -0.1) is 0 Å². The van der Waals surface area contributed by atoms with E-state index in [2.05, 4.69) is 5.32 Å². The summed E-state index contributed by atoms with van der Waals surface area (Å²) in [4.78, 5) is 12.5. The standard InChI is InChI=1S/C20H24ClN3O3S/c1-15-6-3-4-7-17(15)13-23-10-5-11-24(28(23,26)27)14-20(25)22-19-12-18(21)9-8-16(19)2/h3-4,6-9,12H,5,10-11,13-14H2,1-2H3,(H,22,25). The number of halogens is 1. The van der Waals surface area contributed by atoms with Gasteiger partial charge in [0.1, 0.15) is 0 Å². The van der Waals surface area contributed by atoms with E-state index in [0.717, 1.165) is 16.7 Å². The number of carbonyl (C=O) groups is 1. The monoisotopic (exact) mass is 421 g/mol. The summed E-state index contributed by atoms with van der Waals surface area (Å²) in [5.41, 5.74) is 3.46. The molecule has 2 aromatic carbocycles. The van der Waals surface area contributed by atoms with Gasteiger partial charge in [0.25, 0.3) is 10.2 Å². The third-order valence-corrected chi connectivity index (χ3v) is 7.03. The van der Waals surface area contributed by atoms with Crippen LogP contribution in [-0.4, -0.2) is 42.6 Å². The number of aryl methyl sites for hydroxylation is 2. The van der Waals surface area contributed by atoms with Crippen molar-refractivity contribution in [1.29, 1.82) is 0 Å². The minimum Gasteiger partial charge on any atom is -0.325 e. The molecule has 3 rings (SSSR count). The molecule has 0 bridgehead atoms. The van der Waals surface area contributed by atoms with E-state index in [1.54, 1.807) is 18.2 Å². The predicted molar refractivity (Wildman–Crippen MR) is 112 cm³/mol. The molecule has 0 spiro atoms. The normalized spacial score (nSPS) is 17.4. The molecule has 1 amide bonds. The van der Waals surface area contributed by atoms with Crippen molar-refractivity contribution >= 4 is 33.4 Å². The van der Waals surface area contributed by atoms with Crippen molar-refractivity contribution < 1.29 is 13.2 Å². The summed E-state index contributed by atoms with van der Waals surface area (Å²) in [5.74, 6) is -0.383. The quantitative estimate of drug-likeness (QED) is 0.804. The second-order valence-electron chi connectivity index (χ2n) is 6.96. The molecular formula is C20H24ClN3O3S. The van der Waals surface area contributed by atoms with Crippen molar-refractivity contribution in [3.05, 3.63) is 64.2 Å². The fraction of sp³-hybridized carbons (Fsp3) is 0.350. The molecule has 1 N–H and O–H groups in total. The Labute approximate surface area is 171 Å². The molecule has 150 valence electrons. The van der Waals surface area contributed by atoms with E-state index in [0.29, 0.717) is 36.8 Å². The molecule has 0 radical (unpaired) electrons. The molecule has 0 saturated carbocycles. The van der Waals surface area contributed by atoms with Crippen molar-refractivity contribution in [2.45, 2.75) is 26.8 Å². The fourth-order valence-corrected chi connectivity index (χ4v) is 5.00. The zero-order valence-corrected chi connectivity index (χ0v) is 17.6. The van der Waals surface area contributed by atoms with Gasteiger partial charge in [-0.25, -0.2) is 0 Å². The van der Waals surface area contributed by atoms with Crippen molar-refractivity contribution in [2.24, 2.45) is 0 Å². The number of hydrogen-bond donors (Lipinski definition) is 1. The largest absolute Gasteiger partial charge is 0.325 e. The zero-order chi connectivity index (χ0) is 20.3. The van der Waals surface area contributed by atoms with E-state index in [4.69, 9.17) is 11.6 Å². The topological polar surface area (TPSA) is 69.7 Å². The van der Waals surface area contributed by atoms with Gasteiger partial charge >= 0.3 is 0 Å². The zero-order valence-electron chi connectivity index (χ0n) is 16.0. The minimum absolute atomic E-state index is 0.224. The second-order valence-corrected chi connectivity index (χ2v) is 9.33. The van der Waals surface area contributed by atoms with Gasteiger partial charge in [0.2, 0.25) is 5.91 Å². The number of amides is 1. The van der Waals surface area contributed by atoms with Crippen LogP contribution in [0.1, 0.15) is 23.1 Å². The Hall–Kier alpha value is -1.93. The molecule has 1 saturated heterocycles. The Morgan fingerprint density at radius 3 is 2.54 bits per heavy atom. The van der Waals surface area contributed by atoms with E-state index >= 15 is 0 Å². The van der Waals surface area contributed by atoms with Crippen molar-refractivity contribution in [3.63, 3.8) is 0 Å². The molecule has 8 heteroatoms. The third-order valence-electron chi connectivity index (χ3n) is 4.87. The molecule has 2 aromatic rings. The highest BCUT2D eigenvalue weighted by Gasteiger charge is 2.34. The number of carbonyl (C=O) groups excluding carboxylic acids is 1. The maximum atomic E-state index is 13.0. The van der Waals surface area contributed by atoms with Gasteiger partial charge < -0.3 is 5.32 Å². The highest BCUT2D eigenvalue weighted by Crippen LogP contribution is 2.22. The van der Waals surface area contributed by atoms with Crippen LogP contribution < -0.4 is 5.32 Å². The van der Waals surface area contributed by atoms with Crippen molar-refractivity contribution in [3.8, 4) is 0 Å². The summed E-state index contributed by atoms with van der Waals surface area (Å²) in [5, 5.41) is 3.27. The summed E-state index contributed by atoms with van der Waals surface area (Å²) < 4.78 is 28.7. The number of nitrogens with one attached hydrogen (secondary N) is 1. The van der Waals surface area contributed by atoms with Crippen LogP contribution in [-0.2, 0) is 21.5 Å². The molecule has 1 fully saturated rings. The molecule has 0 atom stereocenters. The number of rotatable bonds is 5. The first kappa shape index (κ1) is 20.8. The van der Waals surface area contributed by atoms with E-state index in [9.17, 15) is 13.2 Å². The van der Waals surface area contributed by atoms with Crippen molar-refractivity contribution in [2.75, 3.05) is 25.0 Å². The van der Waals surface area contributed by atoms with Gasteiger partial charge in [0.15, 0.2) is 0 Å². The lowest BCUT2D eigenvalue weighted by Crippen LogP contribution is -2.51. The number of hydrogen-bond acceptors (Lipinski definition) is 3. The molecule has 0 unspecified atom stereocenters. The number of anilines is 1. The lowest BCUT2D eigenvalue weighted by molar-refractivity contribution is -0.116. The van der Waals surface area contributed by atoms with Gasteiger partial charge in [0.05, 0.1) is 6.54 Å². The summed E-state index contributed by atoms with van der Waals surface area (Å²) in [6, 6.07) is 12.9. The molecular weight excluding hydrogens is 398 g/mol. The smallest absolute Gasteiger partial charge is 0.282 e. The Morgan fingerprint density at radius 1 is 1.07 bits per heavy atom. The van der Waals surface area contributed by atoms with Crippen LogP contribution in [0.25, 0.3) is 0 Å². The lowest BCUT2D eigenvalue weighted by atomic mass is 10.1. The van der Waals surface area contributed by atoms with Crippen LogP contribution in [0.5, 0.6) is 0 Å².